The van der Waals surface area contributed by atoms with Crippen molar-refractivity contribution in [2.75, 3.05) is 19.4 Å². The van der Waals surface area contributed by atoms with E-state index in [0.29, 0.717) is 23.1 Å². The van der Waals surface area contributed by atoms with Crippen molar-refractivity contribution >= 4 is 35.9 Å². The van der Waals surface area contributed by atoms with E-state index < -0.39 is 17.1 Å². The lowest BCUT2D eigenvalue weighted by molar-refractivity contribution is -0.384. The number of hydrogen-bond acceptors (Lipinski definition) is 8. The van der Waals surface area contributed by atoms with Crippen molar-refractivity contribution in [2.45, 2.75) is 25.4 Å². The van der Waals surface area contributed by atoms with Crippen LogP contribution in [0.1, 0.15) is 28.8 Å². The molecule has 0 radical (unpaired) electrons. The maximum absolute atomic E-state index is 12.4. The van der Waals surface area contributed by atoms with Crippen molar-refractivity contribution in [1.82, 2.24) is 10.2 Å². The molecule has 0 heterocycles. The summed E-state index contributed by atoms with van der Waals surface area (Å²) in [5.41, 5.74) is 0.910. The Morgan fingerprint density at radius 1 is 1.18 bits per heavy atom. The van der Waals surface area contributed by atoms with E-state index in [-0.39, 0.29) is 36.7 Å². The van der Waals surface area contributed by atoms with Crippen molar-refractivity contribution in [1.29, 1.82) is 0 Å². The summed E-state index contributed by atoms with van der Waals surface area (Å²) >= 11 is 0. The van der Waals surface area contributed by atoms with Gasteiger partial charge in [-0.15, -0.1) is 0 Å². The van der Waals surface area contributed by atoms with E-state index in [1.54, 1.807) is 30.1 Å². The molecule has 11 nitrogen and oxygen atoms in total. The summed E-state index contributed by atoms with van der Waals surface area (Å²) in [5.74, 6) is -0.188. The second-order valence-corrected chi connectivity index (χ2v) is 7.05. The van der Waals surface area contributed by atoms with E-state index in [2.05, 4.69) is 10.6 Å². The SMILES string of the molecule is CNC(=O)C(CCC=O)N(C)Cc1c(C=O)cccc1NC(=O)Oc1ccc([N+](=O)[O-])cc1. The topological polar surface area (TPSA) is 148 Å². The summed E-state index contributed by atoms with van der Waals surface area (Å²) in [6.07, 6.45) is 0.971. The highest BCUT2D eigenvalue weighted by molar-refractivity contribution is 5.90. The Balaban J connectivity index is 2.22. The van der Waals surface area contributed by atoms with Crippen LogP contribution in [0.3, 0.4) is 0 Å². The molecule has 0 aliphatic carbocycles. The van der Waals surface area contributed by atoms with E-state index in [1.807, 2.05) is 0 Å². The molecule has 174 valence electrons. The van der Waals surface area contributed by atoms with Gasteiger partial charge in [-0.25, -0.2) is 4.79 Å². The summed E-state index contributed by atoms with van der Waals surface area (Å²) in [6, 6.07) is 9.08. The normalized spacial score (nSPS) is 11.4. The quantitative estimate of drug-likeness (QED) is 0.298. The van der Waals surface area contributed by atoms with Gasteiger partial charge in [0.2, 0.25) is 5.91 Å². The third-order valence-electron chi connectivity index (χ3n) is 4.88. The Kier molecular flexibility index (Phi) is 9.18. The van der Waals surface area contributed by atoms with Crippen molar-refractivity contribution in [3.63, 3.8) is 0 Å². The number of hydrogen-bond donors (Lipinski definition) is 2. The Hall–Kier alpha value is -4.12. The predicted octanol–water partition coefficient (Wildman–Crippen LogP) is 2.54. The molecular weight excluding hydrogens is 432 g/mol. The van der Waals surface area contributed by atoms with Gasteiger partial charge in [0.1, 0.15) is 18.3 Å². The highest BCUT2D eigenvalue weighted by atomic mass is 16.6. The number of likely N-dealkylation sites (N-methyl/N-ethyl adjacent to an activating group) is 2. The fourth-order valence-electron chi connectivity index (χ4n) is 3.19. The summed E-state index contributed by atoms with van der Waals surface area (Å²) < 4.78 is 5.17. The van der Waals surface area contributed by atoms with Gasteiger partial charge in [0.15, 0.2) is 0 Å². The highest BCUT2D eigenvalue weighted by Gasteiger charge is 2.24. The van der Waals surface area contributed by atoms with Crippen molar-refractivity contribution in [2.24, 2.45) is 0 Å². The van der Waals surface area contributed by atoms with Crippen LogP contribution in [0.4, 0.5) is 16.2 Å². The molecule has 2 aromatic rings. The Morgan fingerprint density at radius 3 is 2.45 bits per heavy atom. The minimum absolute atomic E-state index is 0.0943. The maximum atomic E-state index is 12.4. The average molecular weight is 456 g/mol. The van der Waals surface area contributed by atoms with Gasteiger partial charge in [0.05, 0.1) is 11.0 Å². The zero-order valence-corrected chi connectivity index (χ0v) is 18.1. The fraction of sp³-hybridized carbons (Fsp3) is 0.273. The first-order chi connectivity index (χ1) is 15.8. The van der Waals surface area contributed by atoms with Gasteiger partial charge in [-0.2, -0.15) is 0 Å². The number of ether oxygens (including phenoxy) is 1. The molecule has 0 aromatic heterocycles. The number of carbonyl (C=O) groups is 4. The lowest BCUT2D eigenvalue weighted by atomic mass is 10.0. The molecule has 2 aromatic carbocycles. The standard InChI is InChI=1S/C22H24N4O7/c1-23-21(29)20(7-4-12-27)25(2)13-18-15(14-28)5-3-6-19(18)24-22(30)33-17-10-8-16(9-11-17)26(31)32/h3,5-6,8-12,14,20H,4,7,13H2,1-2H3,(H,23,29)(H,24,30). The van der Waals surface area contributed by atoms with Crippen LogP contribution in [0.5, 0.6) is 5.75 Å². The molecule has 0 saturated carbocycles. The molecule has 0 saturated heterocycles. The number of carbonyl (C=O) groups excluding carboxylic acids is 4. The van der Waals surface area contributed by atoms with E-state index in [9.17, 15) is 29.3 Å². The van der Waals surface area contributed by atoms with Gasteiger partial charge in [-0.05, 0) is 31.7 Å². The summed E-state index contributed by atoms with van der Waals surface area (Å²) in [5, 5.41) is 15.9. The molecule has 2 N–H and O–H groups in total. The van der Waals surface area contributed by atoms with Gasteiger partial charge in [0, 0.05) is 49.0 Å². The molecular formula is C22H24N4O7. The van der Waals surface area contributed by atoms with Crippen LogP contribution in [0.25, 0.3) is 0 Å². The third-order valence-corrected chi connectivity index (χ3v) is 4.88. The zero-order chi connectivity index (χ0) is 24.4. The van der Waals surface area contributed by atoms with Crippen molar-refractivity contribution in [3.8, 4) is 5.75 Å². The number of amides is 2. The minimum atomic E-state index is -0.861. The number of non-ortho nitro benzene ring substituents is 1. The lowest BCUT2D eigenvalue weighted by Gasteiger charge is -2.27. The molecule has 2 rings (SSSR count). The van der Waals surface area contributed by atoms with Gasteiger partial charge in [-0.1, -0.05) is 12.1 Å². The minimum Gasteiger partial charge on any atom is -0.410 e. The largest absolute Gasteiger partial charge is 0.417 e. The monoisotopic (exact) mass is 456 g/mol. The van der Waals surface area contributed by atoms with Gasteiger partial charge >= 0.3 is 6.09 Å². The molecule has 2 amide bonds. The average Bonchev–Trinajstić information content (AvgIpc) is 2.80. The molecule has 0 bridgehead atoms. The van der Waals surface area contributed by atoms with Gasteiger partial charge in [0.25, 0.3) is 5.69 Å². The van der Waals surface area contributed by atoms with Crippen LogP contribution in [-0.2, 0) is 16.1 Å². The maximum Gasteiger partial charge on any atom is 0.417 e. The lowest BCUT2D eigenvalue weighted by Crippen LogP contribution is -2.44. The van der Waals surface area contributed by atoms with Crippen LogP contribution < -0.4 is 15.4 Å². The molecule has 0 spiro atoms. The number of nitrogens with one attached hydrogen (secondary N) is 2. The number of nitro groups is 1. The number of benzene rings is 2. The van der Waals surface area contributed by atoms with E-state index in [1.165, 1.54) is 31.3 Å². The Bertz CT molecular complexity index is 1020. The van der Waals surface area contributed by atoms with E-state index in [0.717, 1.165) is 6.29 Å². The van der Waals surface area contributed by atoms with Crippen LogP contribution in [-0.4, -0.2) is 54.5 Å². The van der Waals surface area contributed by atoms with Crippen molar-refractivity contribution < 1.29 is 28.8 Å². The number of nitro benzene ring substituents is 1. The first kappa shape index (κ1) is 25.1. The predicted molar refractivity (Wildman–Crippen MR) is 119 cm³/mol. The Morgan fingerprint density at radius 2 is 1.88 bits per heavy atom. The van der Waals surface area contributed by atoms with E-state index in [4.69, 9.17) is 4.74 Å². The fourth-order valence-corrected chi connectivity index (χ4v) is 3.19. The molecule has 33 heavy (non-hydrogen) atoms. The van der Waals surface area contributed by atoms with E-state index >= 15 is 0 Å². The number of anilines is 1. The van der Waals surface area contributed by atoms with Crippen LogP contribution in [0.2, 0.25) is 0 Å². The third kappa shape index (κ3) is 6.94. The van der Waals surface area contributed by atoms with Gasteiger partial charge < -0.3 is 14.8 Å². The van der Waals surface area contributed by atoms with Crippen LogP contribution in [0, 0.1) is 10.1 Å². The second-order valence-electron chi connectivity index (χ2n) is 7.05. The molecule has 0 aliphatic heterocycles. The highest BCUT2D eigenvalue weighted by Crippen LogP contribution is 2.24. The summed E-state index contributed by atoms with van der Waals surface area (Å²) in [4.78, 5) is 58.9. The first-order valence-corrected chi connectivity index (χ1v) is 9.96. The molecule has 0 fully saturated rings. The smallest absolute Gasteiger partial charge is 0.410 e. The second kappa shape index (κ2) is 12.1. The van der Waals surface area contributed by atoms with Crippen LogP contribution in [0.15, 0.2) is 42.5 Å². The van der Waals surface area contributed by atoms with Gasteiger partial charge in [-0.3, -0.25) is 29.9 Å². The summed E-state index contributed by atoms with van der Waals surface area (Å²) in [7, 11) is 3.16. The molecule has 0 aliphatic rings. The number of rotatable bonds is 11. The number of nitrogens with zero attached hydrogens (tertiary/aromatic N) is 2. The first-order valence-electron chi connectivity index (χ1n) is 9.96. The zero-order valence-electron chi connectivity index (χ0n) is 18.1. The van der Waals surface area contributed by atoms with Crippen molar-refractivity contribution in [3.05, 3.63) is 63.7 Å². The van der Waals surface area contributed by atoms with Crippen LogP contribution >= 0.6 is 0 Å². The summed E-state index contributed by atoms with van der Waals surface area (Å²) in [6.45, 7) is 0.124. The molecule has 1 atom stereocenters. The molecule has 1 unspecified atom stereocenters. The Labute approximate surface area is 189 Å². The molecule has 11 heteroatoms. The number of aldehydes is 2.